The van der Waals surface area contributed by atoms with Crippen LogP contribution in [-0.2, 0) is 28.5 Å². The van der Waals surface area contributed by atoms with Crippen molar-refractivity contribution in [3.05, 3.63) is 44.2 Å². The fraction of sp³-hybridized carbons (Fsp3) is 0.538. The Morgan fingerprint density at radius 1 is 0.875 bits per heavy atom. The fourth-order valence-electron chi connectivity index (χ4n) is 5.74. The van der Waals surface area contributed by atoms with E-state index < -0.39 is 69.5 Å². The molecule has 0 aromatic carbocycles. The summed E-state index contributed by atoms with van der Waals surface area (Å²) in [6, 6.07) is 0. The number of aromatic nitrogens is 6. The molecule has 0 bridgehead atoms. The van der Waals surface area contributed by atoms with E-state index in [-0.39, 0.29) is 29.7 Å². The van der Waals surface area contributed by atoms with Gasteiger partial charge < -0.3 is 64.9 Å². The Hall–Kier alpha value is -3.57. The molecule has 4 aromatic rings. The van der Waals surface area contributed by atoms with Gasteiger partial charge in [0.2, 0.25) is 26.6 Å². The van der Waals surface area contributed by atoms with Crippen molar-refractivity contribution < 1.29 is 53.8 Å². The second-order valence-electron chi connectivity index (χ2n) is 10.9. The zero-order chi connectivity index (χ0) is 35.0. The van der Waals surface area contributed by atoms with Crippen molar-refractivity contribution in [3.8, 4) is 0 Å². The first-order valence-corrected chi connectivity index (χ1v) is 15.7. The molecule has 2 aliphatic rings. The van der Waals surface area contributed by atoms with Crippen LogP contribution in [0.3, 0.4) is 0 Å². The van der Waals surface area contributed by atoms with Crippen LogP contribution in [0.5, 0.6) is 0 Å². The van der Waals surface area contributed by atoms with Crippen LogP contribution in [0.4, 0.5) is 11.9 Å². The zero-order valence-corrected chi connectivity index (χ0v) is 27.0. The third kappa shape index (κ3) is 6.55. The summed E-state index contributed by atoms with van der Waals surface area (Å²) >= 11 is 0. The number of nitrogens with zero attached hydrogens (tertiary/aromatic N) is 4. The standard InChI is InChI=1S/C13H19N4O8P.C13H18N4O5/c1-5-3-17(9-6(5)10(20)16-13(14)15-9)11-8(22-2)7(19)12(23-11)24-25-26(21)4-18;1-5-3-17(10-7(5)11(20)16-13(14)15-10)12-9(21-2)8(19)6(4-18)22-12/h3,7-8,11-12,18-19,21H,4H2,1-2H3,(H3,14,15,16,20);3,6,8-9,12,18-19H,4H2,1-2H3,(H3,14,15,16,20)/t7?,8-,11+,12+,26?;6-,8?,9+,12-/m01/s1. The SMILES string of the molecule is CO[C@H]1C(O)[C@@H](CO)O[C@H]1n1cc(C)c2c(=O)[nH]c(N)nc21.CO[C@H]1C(O)[C@@H](OOP(O)CO)O[C@H]1n1cc(C)c2c(=O)[nH]c(N)nc21. The van der Waals surface area contributed by atoms with Crippen molar-refractivity contribution in [2.45, 2.75) is 63.1 Å². The summed E-state index contributed by atoms with van der Waals surface area (Å²) in [5.74, 6) is -0.0811. The highest BCUT2D eigenvalue weighted by atomic mass is 31.2. The van der Waals surface area contributed by atoms with E-state index in [0.29, 0.717) is 27.5 Å². The van der Waals surface area contributed by atoms with E-state index in [9.17, 15) is 29.8 Å². The number of anilines is 2. The molecule has 48 heavy (non-hydrogen) atoms. The van der Waals surface area contributed by atoms with E-state index in [1.165, 1.54) is 18.8 Å². The molecule has 2 fully saturated rings. The monoisotopic (exact) mass is 700 g/mol. The molecule has 4 aromatic heterocycles. The lowest BCUT2D eigenvalue weighted by molar-refractivity contribution is -0.332. The van der Waals surface area contributed by atoms with Crippen LogP contribution in [0.15, 0.2) is 22.0 Å². The number of aliphatic hydroxyl groups excluding tert-OH is 4. The molecule has 3 unspecified atom stereocenters. The minimum absolute atomic E-state index is 0.0110. The topological polar surface area (TPSA) is 310 Å². The smallest absolute Gasteiger partial charge is 0.262 e. The van der Waals surface area contributed by atoms with Gasteiger partial charge in [0.1, 0.15) is 36.9 Å². The molecular weight excluding hydrogens is 663 g/mol. The van der Waals surface area contributed by atoms with Crippen molar-refractivity contribution in [1.82, 2.24) is 29.1 Å². The largest absolute Gasteiger partial charge is 0.394 e. The maximum atomic E-state index is 12.1. The van der Waals surface area contributed by atoms with Crippen molar-refractivity contribution in [3.63, 3.8) is 0 Å². The van der Waals surface area contributed by atoms with Gasteiger partial charge in [-0.2, -0.15) is 19.5 Å². The summed E-state index contributed by atoms with van der Waals surface area (Å²) in [6.45, 7) is 3.14. The van der Waals surface area contributed by atoms with E-state index >= 15 is 0 Å². The van der Waals surface area contributed by atoms with Gasteiger partial charge in [-0.3, -0.25) is 19.6 Å². The predicted octanol–water partition coefficient (Wildman–Crippen LogP) is -2.07. The van der Waals surface area contributed by atoms with E-state index in [4.69, 9.17) is 40.4 Å². The lowest BCUT2D eigenvalue weighted by Gasteiger charge is -2.20. The minimum Gasteiger partial charge on any atom is -0.394 e. The number of nitrogens with two attached hydrogens (primary N) is 2. The molecule has 0 amide bonds. The van der Waals surface area contributed by atoms with E-state index in [1.54, 1.807) is 30.8 Å². The maximum absolute atomic E-state index is 12.1. The second-order valence-corrected chi connectivity index (χ2v) is 12.1. The maximum Gasteiger partial charge on any atom is 0.262 e. The Morgan fingerprint density at radius 3 is 1.81 bits per heavy atom. The number of nitrogen functional groups attached to an aromatic ring is 2. The number of rotatable bonds is 9. The van der Waals surface area contributed by atoms with Gasteiger partial charge >= 0.3 is 0 Å². The molecule has 264 valence electrons. The first-order chi connectivity index (χ1) is 22.8. The second kappa shape index (κ2) is 14.5. The third-order valence-electron chi connectivity index (χ3n) is 7.88. The minimum atomic E-state index is -2.21. The molecular formula is C26H37N8O13P. The average molecular weight is 701 g/mol. The quantitative estimate of drug-likeness (QED) is 0.0514. The number of aromatic amines is 2. The number of aliphatic hydroxyl groups is 4. The molecule has 22 heteroatoms. The van der Waals surface area contributed by atoms with E-state index in [0.717, 1.165) is 0 Å². The molecule has 2 aliphatic heterocycles. The number of fused-ring (bicyclic) bond motifs is 2. The lowest BCUT2D eigenvalue weighted by Crippen LogP contribution is -2.34. The van der Waals surface area contributed by atoms with E-state index in [2.05, 4.69) is 24.6 Å². The average Bonchev–Trinajstić information content (AvgIpc) is 3.75. The van der Waals surface area contributed by atoms with Gasteiger partial charge in [-0.1, -0.05) is 0 Å². The normalized spacial score (nSPS) is 27.9. The molecule has 0 spiro atoms. The van der Waals surface area contributed by atoms with Gasteiger partial charge in [0, 0.05) is 26.6 Å². The number of methoxy groups -OCH3 is 2. The van der Waals surface area contributed by atoms with Crippen LogP contribution in [0.1, 0.15) is 23.6 Å². The van der Waals surface area contributed by atoms with Crippen LogP contribution in [0.25, 0.3) is 22.1 Å². The van der Waals surface area contributed by atoms with Gasteiger partial charge in [-0.15, -0.1) is 0 Å². The number of aryl methyl sites for hydroxylation is 2. The molecule has 11 N–H and O–H groups in total. The first-order valence-electron chi connectivity index (χ1n) is 14.3. The number of hydrogen-bond donors (Lipinski definition) is 9. The van der Waals surface area contributed by atoms with Gasteiger partial charge in [0.05, 0.1) is 17.4 Å². The molecule has 6 heterocycles. The third-order valence-corrected chi connectivity index (χ3v) is 8.38. The molecule has 6 rings (SSSR count). The van der Waals surface area contributed by atoms with Crippen molar-refractivity contribution in [2.24, 2.45) is 0 Å². The molecule has 9 atom stereocenters. The number of ether oxygens (including phenoxy) is 4. The van der Waals surface area contributed by atoms with Gasteiger partial charge in [-0.25, -0.2) is 0 Å². The van der Waals surface area contributed by atoms with Crippen LogP contribution in [0.2, 0.25) is 0 Å². The first kappa shape index (κ1) is 35.7. The van der Waals surface area contributed by atoms with Gasteiger partial charge in [0.15, 0.2) is 23.8 Å². The Balaban J connectivity index is 0.000000190. The Morgan fingerprint density at radius 2 is 1.35 bits per heavy atom. The summed E-state index contributed by atoms with van der Waals surface area (Å²) in [4.78, 5) is 51.4. The number of H-pyrrole nitrogens is 2. The number of hydrogen-bond acceptors (Lipinski definition) is 17. The summed E-state index contributed by atoms with van der Waals surface area (Å²) in [5, 5.41) is 39.2. The summed E-state index contributed by atoms with van der Waals surface area (Å²) < 4.78 is 29.6. The van der Waals surface area contributed by atoms with Crippen molar-refractivity contribution in [1.29, 1.82) is 0 Å². The number of nitrogens with one attached hydrogen (secondary N) is 2. The molecule has 0 aliphatic carbocycles. The Bertz CT molecular complexity index is 1860. The summed E-state index contributed by atoms with van der Waals surface area (Å²) in [6.07, 6.45) is -4.88. The molecule has 21 nitrogen and oxygen atoms in total. The molecule has 0 saturated carbocycles. The zero-order valence-electron chi connectivity index (χ0n) is 26.1. The van der Waals surface area contributed by atoms with Crippen molar-refractivity contribution >= 4 is 42.3 Å². The lowest BCUT2D eigenvalue weighted by atomic mass is 10.1. The van der Waals surface area contributed by atoms with Crippen molar-refractivity contribution in [2.75, 3.05) is 38.6 Å². The van der Waals surface area contributed by atoms with Crippen LogP contribution in [0, 0.1) is 13.8 Å². The van der Waals surface area contributed by atoms with Crippen LogP contribution >= 0.6 is 8.38 Å². The highest BCUT2D eigenvalue weighted by molar-refractivity contribution is 7.45. The van der Waals surface area contributed by atoms with Gasteiger partial charge in [0.25, 0.3) is 11.1 Å². The Kier molecular flexibility index (Phi) is 10.8. The predicted molar refractivity (Wildman–Crippen MR) is 166 cm³/mol. The molecule has 0 radical (unpaired) electrons. The highest BCUT2D eigenvalue weighted by Gasteiger charge is 2.48. The summed E-state index contributed by atoms with van der Waals surface area (Å²) in [7, 11) is 0.597. The highest BCUT2D eigenvalue weighted by Crippen LogP contribution is 2.38. The van der Waals surface area contributed by atoms with Crippen LogP contribution in [-0.4, -0.2) is 118 Å². The fourth-order valence-corrected chi connectivity index (χ4v) is 5.97. The summed E-state index contributed by atoms with van der Waals surface area (Å²) in [5.41, 5.74) is 12.4. The van der Waals surface area contributed by atoms with E-state index in [1.807, 2.05) is 0 Å². The molecule has 2 saturated heterocycles. The van der Waals surface area contributed by atoms with Gasteiger partial charge in [-0.05, 0) is 25.0 Å². The Labute approximate surface area is 271 Å². The van der Waals surface area contributed by atoms with Crippen LogP contribution < -0.4 is 22.6 Å².